The lowest BCUT2D eigenvalue weighted by Gasteiger charge is -2.08. The Bertz CT molecular complexity index is 1460. The molecule has 6 aromatic rings. The van der Waals surface area contributed by atoms with Crippen molar-refractivity contribution in [2.75, 3.05) is 0 Å². The second-order valence-corrected chi connectivity index (χ2v) is 9.08. The zero-order valence-corrected chi connectivity index (χ0v) is 18.5. The molecule has 0 N–H and O–H groups in total. The summed E-state index contributed by atoms with van der Waals surface area (Å²) in [5, 5.41) is 8.37. The van der Waals surface area contributed by atoms with Crippen LogP contribution in [0.25, 0.3) is 54.3 Å². The Morgan fingerprint density at radius 1 is 0.742 bits per heavy atom. The Balaban J connectivity index is 1.59. The molecule has 31 heavy (non-hydrogen) atoms. The first-order valence-corrected chi connectivity index (χ1v) is 11.9. The van der Waals surface area contributed by atoms with Crippen molar-refractivity contribution >= 4 is 44.5 Å². The average molecular weight is 439 g/mol. The first-order chi connectivity index (χ1) is 15.3. The van der Waals surface area contributed by atoms with Crippen LogP contribution < -0.4 is 0 Å². The van der Waals surface area contributed by atoms with Gasteiger partial charge in [0, 0.05) is 51.5 Å². The molecule has 0 saturated carbocycles. The summed E-state index contributed by atoms with van der Waals surface area (Å²) in [6.07, 6.45) is 3.65. The zero-order chi connectivity index (χ0) is 20.8. The molecule has 0 unspecified atom stereocenters. The van der Waals surface area contributed by atoms with E-state index in [2.05, 4.69) is 76.1 Å². The fraction of sp³-hybridized carbons (Fsp3) is 0.0800. The van der Waals surface area contributed by atoms with Gasteiger partial charge in [0.15, 0.2) is 0 Å². The summed E-state index contributed by atoms with van der Waals surface area (Å²) in [6, 6.07) is 19.7. The predicted octanol–water partition coefficient (Wildman–Crippen LogP) is 7.12. The van der Waals surface area contributed by atoms with Gasteiger partial charge in [-0.05, 0) is 48.4 Å². The van der Waals surface area contributed by atoms with Crippen LogP contribution in [-0.2, 0) is 6.54 Å². The summed E-state index contributed by atoms with van der Waals surface area (Å²) in [5.74, 6) is 0. The molecule has 0 aliphatic rings. The molecule has 0 bridgehead atoms. The van der Waals surface area contributed by atoms with E-state index in [9.17, 15) is 0 Å². The predicted molar refractivity (Wildman–Crippen MR) is 131 cm³/mol. The van der Waals surface area contributed by atoms with Gasteiger partial charge in [0.1, 0.15) is 21.4 Å². The number of thiazole rings is 2. The van der Waals surface area contributed by atoms with Gasteiger partial charge in [-0.3, -0.25) is 0 Å². The molecule has 0 atom stereocenters. The number of aromatic nitrogens is 4. The monoisotopic (exact) mass is 438 g/mol. The maximum Gasteiger partial charge on any atom is 0.141 e. The molecule has 0 amide bonds. The highest BCUT2D eigenvalue weighted by Gasteiger charge is 2.14. The van der Waals surface area contributed by atoms with Crippen LogP contribution in [0.2, 0.25) is 0 Å². The van der Waals surface area contributed by atoms with E-state index >= 15 is 0 Å². The Hall–Kier alpha value is -3.35. The third-order valence-corrected chi connectivity index (χ3v) is 7.14. The maximum absolute atomic E-state index is 4.87. The number of benzene rings is 2. The lowest BCUT2D eigenvalue weighted by molar-refractivity contribution is 0.827. The molecule has 0 radical (unpaired) electrons. The highest BCUT2D eigenvalue weighted by Crippen LogP contribution is 2.35. The fourth-order valence-corrected chi connectivity index (χ4v) is 5.39. The van der Waals surface area contributed by atoms with Crippen molar-refractivity contribution in [1.29, 1.82) is 0 Å². The third kappa shape index (κ3) is 3.07. The smallest absolute Gasteiger partial charge is 0.141 e. The largest absolute Gasteiger partial charge is 0.341 e. The summed E-state index contributed by atoms with van der Waals surface area (Å²) in [7, 11) is 0. The minimum Gasteiger partial charge on any atom is -0.341 e. The highest BCUT2D eigenvalue weighted by molar-refractivity contribution is 7.13. The van der Waals surface area contributed by atoms with Gasteiger partial charge in [-0.25, -0.2) is 15.0 Å². The molecule has 0 saturated heterocycles. The standard InChI is InChI=1S/C25H18N4S2/c1-2-29-22-6-4-3-5-18(22)19-13-16(7-8-23(19)29)17-14-20(24-26-9-11-30-24)28-21(15-17)25-27-10-12-31-25/h3-15H,2H2,1H3. The van der Waals surface area contributed by atoms with Crippen molar-refractivity contribution in [1.82, 2.24) is 19.5 Å². The van der Waals surface area contributed by atoms with E-state index in [4.69, 9.17) is 4.98 Å². The van der Waals surface area contributed by atoms with Gasteiger partial charge >= 0.3 is 0 Å². The molecule has 150 valence electrons. The second-order valence-electron chi connectivity index (χ2n) is 7.29. The quantitative estimate of drug-likeness (QED) is 0.294. The molecular weight excluding hydrogens is 420 g/mol. The topological polar surface area (TPSA) is 43.6 Å². The van der Waals surface area contributed by atoms with Crippen molar-refractivity contribution in [2.45, 2.75) is 13.5 Å². The van der Waals surface area contributed by atoms with Crippen molar-refractivity contribution in [2.24, 2.45) is 0 Å². The molecule has 4 nitrogen and oxygen atoms in total. The van der Waals surface area contributed by atoms with Gasteiger partial charge in [0.05, 0.1) is 0 Å². The van der Waals surface area contributed by atoms with Crippen LogP contribution in [0.3, 0.4) is 0 Å². The maximum atomic E-state index is 4.87. The third-order valence-electron chi connectivity index (χ3n) is 5.55. The lowest BCUT2D eigenvalue weighted by atomic mass is 10.0. The first kappa shape index (κ1) is 18.4. The molecule has 6 rings (SSSR count). The van der Waals surface area contributed by atoms with Crippen LogP contribution in [0, 0.1) is 0 Å². The van der Waals surface area contributed by atoms with Crippen LogP contribution in [0.4, 0.5) is 0 Å². The summed E-state index contributed by atoms with van der Waals surface area (Å²) in [4.78, 5) is 13.8. The molecule has 0 spiro atoms. The van der Waals surface area contributed by atoms with E-state index < -0.39 is 0 Å². The summed E-state index contributed by atoms with van der Waals surface area (Å²) >= 11 is 3.21. The minimum atomic E-state index is 0.883. The van der Waals surface area contributed by atoms with Gasteiger partial charge in [0.2, 0.25) is 0 Å². The van der Waals surface area contributed by atoms with Gasteiger partial charge in [-0.1, -0.05) is 24.3 Å². The van der Waals surface area contributed by atoms with E-state index in [-0.39, 0.29) is 0 Å². The van der Waals surface area contributed by atoms with Crippen LogP contribution in [-0.4, -0.2) is 19.5 Å². The summed E-state index contributed by atoms with van der Waals surface area (Å²) in [6.45, 7) is 3.14. The Labute approximate surface area is 187 Å². The van der Waals surface area contributed by atoms with Crippen LogP contribution in [0.5, 0.6) is 0 Å². The Morgan fingerprint density at radius 3 is 2.06 bits per heavy atom. The van der Waals surface area contributed by atoms with Crippen LogP contribution >= 0.6 is 22.7 Å². The number of hydrogen-bond acceptors (Lipinski definition) is 5. The van der Waals surface area contributed by atoms with E-state index in [1.165, 1.54) is 27.4 Å². The normalized spacial score (nSPS) is 11.5. The Kier molecular flexibility index (Phi) is 4.40. The van der Waals surface area contributed by atoms with Gasteiger partial charge in [0.25, 0.3) is 0 Å². The van der Waals surface area contributed by atoms with E-state index in [1.807, 2.05) is 23.2 Å². The minimum absolute atomic E-state index is 0.883. The molecule has 0 fully saturated rings. The first-order valence-electron chi connectivity index (χ1n) is 10.1. The summed E-state index contributed by atoms with van der Waals surface area (Å²) < 4.78 is 2.38. The molecule has 4 heterocycles. The number of pyridine rings is 1. The molecule has 0 aliphatic carbocycles. The summed E-state index contributed by atoms with van der Waals surface area (Å²) in [5.41, 5.74) is 6.60. The van der Waals surface area contributed by atoms with Crippen molar-refractivity contribution < 1.29 is 0 Å². The van der Waals surface area contributed by atoms with Crippen LogP contribution in [0.15, 0.2) is 77.8 Å². The average Bonchev–Trinajstić information content (AvgIpc) is 3.59. The molecule has 4 aromatic heterocycles. The van der Waals surface area contributed by atoms with Gasteiger partial charge in [-0.15, -0.1) is 22.7 Å². The van der Waals surface area contributed by atoms with Crippen molar-refractivity contribution in [3.63, 3.8) is 0 Å². The number of para-hydroxylation sites is 1. The molecule has 6 heteroatoms. The lowest BCUT2D eigenvalue weighted by Crippen LogP contribution is -1.93. The number of fused-ring (bicyclic) bond motifs is 3. The Morgan fingerprint density at radius 2 is 1.42 bits per heavy atom. The van der Waals surface area contributed by atoms with E-state index in [0.29, 0.717) is 0 Å². The SMILES string of the molecule is CCn1c2ccccc2c2cc(-c3cc(-c4nccs4)nc(-c4nccs4)c3)ccc21. The van der Waals surface area contributed by atoms with E-state index in [0.717, 1.165) is 33.5 Å². The highest BCUT2D eigenvalue weighted by atomic mass is 32.1. The molecule has 0 aliphatic heterocycles. The molecular formula is C25H18N4S2. The van der Waals surface area contributed by atoms with E-state index in [1.54, 1.807) is 22.7 Å². The number of aryl methyl sites for hydroxylation is 1. The number of nitrogens with zero attached hydrogens (tertiary/aromatic N) is 4. The van der Waals surface area contributed by atoms with Crippen LogP contribution in [0.1, 0.15) is 6.92 Å². The van der Waals surface area contributed by atoms with Gasteiger partial charge in [-0.2, -0.15) is 0 Å². The fourth-order valence-electron chi connectivity index (χ4n) is 4.19. The zero-order valence-electron chi connectivity index (χ0n) is 16.8. The number of hydrogen-bond donors (Lipinski definition) is 0. The van der Waals surface area contributed by atoms with Gasteiger partial charge < -0.3 is 4.57 Å². The molecule has 2 aromatic carbocycles. The van der Waals surface area contributed by atoms with Crippen molar-refractivity contribution in [3.8, 4) is 32.5 Å². The van der Waals surface area contributed by atoms with Crippen molar-refractivity contribution in [3.05, 3.63) is 77.8 Å². The second kappa shape index (κ2) is 7.41. The number of rotatable bonds is 4.